The van der Waals surface area contributed by atoms with Crippen LogP contribution in [0, 0.1) is 0 Å². The van der Waals surface area contributed by atoms with Crippen LogP contribution >= 0.6 is 0 Å². The summed E-state index contributed by atoms with van der Waals surface area (Å²) >= 11 is 0. The second-order valence-electron chi connectivity index (χ2n) is 8.84. The summed E-state index contributed by atoms with van der Waals surface area (Å²) in [6.45, 7) is 3.83. The minimum absolute atomic E-state index is 0.117. The first-order valence-electron chi connectivity index (χ1n) is 11.0. The van der Waals surface area contributed by atoms with Gasteiger partial charge in [-0.3, -0.25) is 9.59 Å². The van der Waals surface area contributed by atoms with Crippen molar-refractivity contribution in [3.05, 3.63) is 71.8 Å². The summed E-state index contributed by atoms with van der Waals surface area (Å²) in [5, 5.41) is 14.5. The number of carbonyl (C=O) groups excluding carboxylic acids is 3. The number of rotatable bonds is 10. The summed E-state index contributed by atoms with van der Waals surface area (Å²) in [7, 11) is 0. The molecule has 3 N–H and O–H groups in total. The second kappa shape index (κ2) is 12.3. The van der Waals surface area contributed by atoms with Crippen molar-refractivity contribution in [3.63, 3.8) is 0 Å². The van der Waals surface area contributed by atoms with E-state index in [-0.39, 0.29) is 13.0 Å². The highest BCUT2D eigenvalue weighted by molar-refractivity contribution is 5.87. The van der Waals surface area contributed by atoms with Crippen LogP contribution in [0.4, 0.5) is 13.6 Å². The molecule has 0 spiro atoms. The van der Waals surface area contributed by atoms with Crippen LogP contribution in [0.5, 0.6) is 0 Å². The van der Waals surface area contributed by atoms with Gasteiger partial charge < -0.3 is 25.2 Å². The molecular weight excluding hydrogens is 462 g/mol. The highest BCUT2D eigenvalue weighted by Crippen LogP contribution is 2.24. The van der Waals surface area contributed by atoms with Gasteiger partial charge in [0.15, 0.2) is 0 Å². The molecule has 0 heterocycles. The molecule has 2 atom stereocenters. The van der Waals surface area contributed by atoms with Crippen LogP contribution in [0.3, 0.4) is 0 Å². The summed E-state index contributed by atoms with van der Waals surface area (Å²) in [6.07, 6.45) is -3.87. The Balaban J connectivity index is 2.08. The third-order valence-corrected chi connectivity index (χ3v) is 4.68. The highest BCUT2D eigenvalue weighted by Gasteiger charge is 2.50. The number of carbonyl (C=O) groups is 3. The molecule has 190 valence electrons. The Morgan fingerprint density at radius 2 is 1.49 bits per heavy atom. The molecule has 2 rings (SSSR count). The Kier molecular flexibility index (Phi) is 9.70. The number of esters is 1. The maximum Gasteiger partial charge on any atom is 0.407 e. The van der Waals surface area contributed by atoms with Crippen molar-refractivity contribution in [3.8, 4) is 0 Å². The predicted molar refractivity (Wildman–Crippen MR) is 124 cm³/mol. The zero-order valence-corrected chi connectivity index (χ0v) is 19.8. The average Bonchev–Trinajstić information content (AvgIpc) is 2.80. The van der Waals surface area contributed by atoms with E-state index in [1.165, 1.54) is 0 Å². The lowest BCUT2D eigenvalue weighted by molar-refractivity contribution is -0.169. The Bertz CT molecular complexity index is 980. The minimum Gasteiger partial charge on any atom is -0.459 e. The molecule has 0 aliphatic carbocycles. The van der Waals surface area contributed by atoms with E-state index in [4.69, 9.17) is 9.47 Å². The molecule has 35 heavy (non-hydrogen) atoms. The van der Waals surface area contributed by atoms with Crippen LogP contribution in [-0.2, 0) is 32.1 Å². The molecule has 2 amide bonds. The van der Waals surface area contributed by atoms with Crippen molar-refractivity contribution in [2.75, 3.05) is 6.54 Å². The van der Waals surface area contributed by atoms with Crippen molar-refractivity contribution in [2.24, 2.45) is 0 Å². The average molecular weight is 493 g/mol. The first kappa shape index (κ1) is 27.7. The Hall–Kier alpha value is -3.53. The number of ether oxygens (including phenoxy) is 2. The van der Waals surface area contributed by atoms with E-state index >= 15 is 0 Å². The van der Waals surface area contributed by atoms with Gasteiger partial charge >= 0.3 is 18.0 Å². The molecule has 0 radical (unpaired) electrons. The maximum atomic E-state index is 14.8. The summed E-state index contributed by atoms with van der Waals surface area (Å²) in [5.74, 6) is -7.14. The van der Waals surface area contributed by atoms with Gasteiger partial charge in [-0.2, -0.15) is 8.78 Å². The van der Waals surface area contributed by atoms with E-state index in [0.29, 0.717) is 11.1 Å². The monoisotopic (exact) mass is 492 g/mol. The molecule has 10 heteroatoms. The van der Waals surface area contributed by atoms with Crippen molar-refractivity contribution in [2.45, 2.75) is 57.5 Å². The van der Waals surface area contributed by atoms with Gasteiger partial charge in [0.1, 0.15) is 24.9 Å². The van der Waals surface area contributed by atoms with Crippen LogP contribution in [0.1, 0.15) is 31.9 Å². The zero-order valence-electron chi connectivity index (χ0n) is 19.8. The zero-order chi connectivity index (χ0) is 26.1. The number of amides is 2. The van der Waals surface area contributed by atoms with Crippen LogP contribution in [0.2, 0.25) is 0 Å². The molecule has 0 aliphatic rings. The first-order valence-corrected chi connectivity index (χ1v) is 11.0. The smallest absolute Gasteiger partial charge is 0.407 e. The number of alkyl carbamates (subject to hydrolysis) is 1. The lowest BCUT2D eigenvalue weighted by atomic mass is 9.96. The standard InChI is InChI=1S/C25H30F2N2O6/c1-24(2,3)35-20(30)15-28-22(32)25(26,27)21(31)19(14-17-10-6-4-7-11-17)29-23(33)34-16-18-12-8-5-9-13-18/h4-13,19,21,31H,14-16H2,1-3H3,(H,28,32)(H,29,33)/t19-,21+/m0/s1. The molecule has 0 saturated heterocycles. The molecule has 0 bridgehead atoms. The molecule has 0 unspecified atom stereocenters. The first-order chi connectivity index (χ1) is 16.4. The van der Waals surface area contributed by atoms with Crippen LogP contribution in [0.15, 0.2) is 60.7 Å². The summed E-state index contributed by atoms with van der Waals surface area (Å²) < 4.78 is 39.7. The molecule has 0 aliphatic heterocycles. The maximum absolute atomic E-state index is 14.8. The van der Waals surface area contributed by atoms with Gasteiger partial charge in [-0.05, 0) is 38.3 Å². The molecular formula is C25H30F2N2O6. The predicted octanol–water partition coefficient (Wildman–Crippen LogP) is 2.98. The highest BCUT2D eigenvalue weighted by atomic mass is 19.3. The topological polar surface area (TPSA) is 114 Å². The minimum atomic E-state index is -4.34. The van der Waals surface area contributed by atoms with Gasteiger partial charge in [-0.25, -0.2) is 4.79 Å². The third kappa shape index (κ3) is 9.32. The molecule has 2 aromatic rings. The van der Waals surface area contributed by atoms with Gasteiger partial charge in [0, 0.05) is 0 Å². The SMILES string of the molecule is CC(C)(C)OC(=O)CNC(=O)C(F)(F)[C@H](O)[C@H](Cc1ccccc1)NC(=O)OCc1ccccc1. The number of alkyl halides is 2. The Labute approximate surface area is 202 Å². The molecule has 0 aromatic heterocycles. The third-order valence-electron chi connectivity index (χ3n) is 4.68. The lowest BCUT2D eigenvalue weighted by Crippen LogP contribution is -2.58. The summed E-state index contributed by atoms with van der Waals surface area (Å²) in [4.78, 5) is 36.2. The van der Waals surface area contributed by atoms with E-state index < -0.39 is 48.2 Å². The summed E-state index contributed by atoms with van der Waals surface area (Å²) in [5.41, 5.74) is 0.341. The van der Waals surface area contributed by atoms with Crippen LogP contribution < -0.4 is 10.6 Å². The number of benzene rings is 2. The van der Waals surface area contributed by atoms with Crippen LogP contribution in [-0.4, -0.2) is 53.3 Å². The molecule has 0 saturated carbocycles. The van der Waals surface area contributed by atoms with Crippen molar-refractivity contribution >= 4 is 18.0 Å². The number of hydrogen-bond donors (Lipinski definition) is 3. The molecule has 0 fully saturated rings. The number of halogens is 2. The van der Waals surface area contributed by atoms with E-state index in [0.717, 1.165) is 0 Å². The fraction of sp³-hybridized carbons (Fsp3) is 0.400. The quantitative estimate of drug-likeness (QED) is 0.440. The van der Waals surface area contributed by atoms with Gasteiger partial charge in [-0.15, -0.1) is 0 Å². The fourth-order valence-corrected chi connectivity index (χ4v) is 3.06. The van der Waals surface area contributed by atoms with Crippen molar-refractivity contribution in [1.29, 1.82) is 0 Å². The summed E-state index contributed by atoms with van der Waals surface area (Å²) in [6, 6.07) is 15.4. The number of aliphatic hydroxyl groups is 1. The Morgan fingerprint density at radius 1 is 0.943 bits per heavy atom. The fourth-order valence-electron chi connectivity index (χ4n) is 3.06. The van der Waals surface area contributed by atoms with E-state index in [2.05, 4.69) is 5.32 Å². The van der Waals surface area contributed by atoms with Crippen molar-refractivity contribution in [1.82, 2.24) is 10.6 Å². The Morgan fingerprint density at radius 3 is 2.03 bits per heavy atom. The van der Waals surface area contributed by atoms with E-state index in [1.54, 1.807) is 86.8 Å². The number of aliphatic hydroxyl groups excluding tert-OH is 1. The normalized spacial score (nSPS) is 13.3. The number of hydrogen-bond acceptors (Lipinski definition) is 6. The van der Waals surface area contributed by atoms with Gasteiger partial charge in [0.25, 0.3) is 5.91 Å². The molecule has 8 nitrogen and oxygen atoms in total. The van der Waals surface area contributed by atoms with Gasteiger partial charge in [0.05, 0.1) is 6.04 Å². The van der Waals surface area contributed by atoms with Gasteiger partial charge in [0.2, 0.25) is 0 Å². The second-order valence-corrected chi connectivity index (χ2v) is 8.84. The van der Waals surface area contributed by atoms with Crippen molar-refractivity contribution < 1.29 is 37.7 Å². The largest absolute Gasteiger partial charge is 0.459 e. The van der Waals surface area contributed by atoms with Gasteiger partial charge in [-0.1, -0.05) is 60.7 Å². The molecule has 2 aromatic carbocycles. The van der Waals surface area contributed by atoms with E-state index in [9.17, 15) is 28.3 Å². The number of nitrogens with one attached hydrogen (secondary N) is 2. The van der Waals surface area contributed by atoms with Crippen LogP contribution in [0.25, 0.3) is 0 Å². The lowest BCUT2D eigenvalue weighted by Gasteiger charge is -2.29. The van der Waals surface area contributed by atoms with E-state index in [1.807, 2.05) is 0 Å².